The third kappa shape index (κ3) is 5.54. The van der Waals surface area contributed by atoms with Crippen LogP contribution in [-0.4, -0.2) is 51.9 Å². The minimum Gasteiger partial charge on any atom is -0.481 e. The number of ether oxygens (including phenoxy) is 1. The predicted octanol–water partition coefficient (Wildman–Crippen LogP) is 2.60. The number of carboxylic acid groups (broad SMARTS) is 1. The van der Waals surface area contributed by atoms with Gasteiger partial charge in [-0.1, -0.05) is 19.9 Å². The summed E-state index contributed by atoms with van der Waals surface area (Å²) in [5.74, 6) is -0.990. The molecule has 170 valence electrons. The second-order valence-electron chi connectivity index (χ2n) is 6.74. The van der Waals surface area contributed by atoms with Gasteiger partial charge < -0.3 is 9.84 Å². The van der Waals surface area contributed by atoms with Crippen LogP contribution in [0.1, 0.15) is 25.0 Å². The number of rotatable bonds is 10. The Bertz CT molecular complexity index is 1150. The minimum absolute atomic E-state index is 0.0648. The van der Waals surface area contributed by atoms with Gasteiger partial charge in [-0.15, -0.1) is 0 Å². The van der Waals surface area contributed by atoms with E-state index in [1.54, 1.807) is 20.8 Å². The Balaban J connectivity index is 2.33. The Morgan fingerprint density at radius 2 is 1.58 bits per heavy atom. The molecule has 0 aliphatic rings. The maximum Gasteiger partial charge on any atom is 0.341 e. The average Bonchev–Trinajstić information content (AvgIpc) is 2.68. The van der Waals surface area contributed by atoms with Crippen molar-refractivity contribution in [2.45, 2.75) is 37.5 Å². The predicted molar refractivity (Wildman–Crippen MR) is 116 cm³/mol. The first-order chi connectivity index (χ1) is 14.4. The summed E-state index contributed by atoms with van der Waals surface area (Å²) >= 11 is 0. The molecule has 0 aromatic heterocycles. The van der Waals surface area contributed by atoms with E-state index in [1.807, 2.05) is 0 Å². The number of nitrogens with one attached hydrogen (secondary N) is 1. The molecule has 0 atom stereocenters. The molecule has 2 rings (SSSR count). The summed E-state index contributed by atoms with van der Waals surface area (Å²) in [6.07, 6.45) is 0. The number of aryl methyl sites for hydroxylation is 1. The summed E-state index contributed by atoms with van der Waals surface area (Å²) in [5.41, 5.74) is 1.06. The van der Waals surface area contributed by atoms with Gasteiger partial charge in [0.15, 0.2) is 6.61 Å². The lowest BCUT2D eigenvalue weighted by molar-refractivity contribution is -0.139. The smallest absolute Gasteiger partial charge is 0.341 e. The molecule has 2 aromatic rings. The quantitative estimate of drug-likeness (QED) is 0.546. The fourth-order valence-corrected chi connectivity index (χ4v) is 5.83. The Morgan fingerprint density at radius 3 is 2.10 bits per heavy atom. The van der Waals surface area contributed by atoms with E-state index in [0.29, 0.717) is 18.7 Å². The Hall–Kier alpha value is -2.63. The van der Waals surface area contributed by atoms with E-state index in [-0.39, 0.29) is 26.8 Å². The standard InChI is InChI=1S/C20H26N2O7S2/c1-5-22(6-2)31(27,28)17-10-8-16(9-11-17)21-30(25,26)18-12-7-14(3)20(15(18)4)29-13-19(23)24/h7-12,21H,5-6,13H2,1-4H3,(H,23,24). The van der Waals surface area contributed by atoms with E-state index in [0.717, 1.165) is 0 Å². The molecule has 0 spiro atoms. The fraction of sp³-hybridized carbons (Fsp3) is 0.350. The van der Waals surface area contributed by atoms with Crippen LogP contribution < -0.4 is 9.46 Å². The second-order valence-corrected chi connectivity index (χ2v) is 10.3. The van der Waals surface area contributed by atoms with Crippen molar-refractivity contribution in [3.8, 4) is 5.75 Å². The molecule has 2 aromatic carbocycles. The van der Waals surface area contributed by atoms with Crippen LogP contribution in [0.25, 0.3) is 0 Å². The molecule has 31 heavy (non-hydrogen) atoms. The fourth-order valence-electron chi connectivity index (χ4n) is 3.07. The lowest BCUT2D eigenvalue weighted by atomic mass is 10.1. The second kappa shape index (κ2) is 9.67. The monoisotopic (exact) mass is 470 g/mol. The van der Waals surface area contributed by atoms with E-state index in [9.17, 15) is 21.6 Å². The first-order valence-corrected chi connectivity index (χ1v) is 12.4. The molecule has 0 amide bonds. The highest BCUT2D eigenvalue weighted by molar-refractivity contribution is 7.92. The first-order valence-electron chi connectivity index (χ1n) is 9.51. The maximum atomic E-state index is 12.9. The number of carbonyl (C=O) groups is 1. The molecule has 0 aliphatic heterocycles. The number of hydrogen-bond donors (Lipinski definition) is 2. The van der Waals surface area contributed by atoms with Crippen LogP contribution in [0.5, 0.6) is 5.75 Å². The summed E-state index contributed by atoms with van der Waals surface area (Å²) < 4.78 is 59.9. The molecule has 0 saturated carbocycles. The third-order valence-electron chi connectivity index (χ3n) is 4.63. The zero-order valence-electron chi connectivity index (χ0n) is 17.7. The van der Waals surface area contributed by atoms with Gasteiger partial charge in [0.1, 0.15) is 5.75 Å². The zero-order valence-corrected chi connectivity index (χ0v) is 19.4. The van der Waals surface area contributed by atoms with Crippen molar-refractivity contribution in [1.29, 1.82) is 0 Å². The highest BCUT2D eigenvalue weighted by atomic mass is 32.2. The number of sulfonamides is 2. The molecule has 11 heteroatoms. The van der Waals surface area contributed by atoms with E-state index >= 15 is 0 Å². The zero-order chi connectivity index (χ0) is 23.4. The Labute approximate surface area is 182 Å². The van der Waals surface area contributed by atoms with Crippen molar-refractivity contribution in [2.24, 2.45) is 0 Å². The van der Waals surface area contributed by atoms with Gasteiger partial charge in [0.25, 0.3) is 10.0 Å². The highest BCUT2D eigenvalue weighted by Gasteiger charge is 2.23. The van der Waals surface area contributed by atoms with Gasteiger partial charge in [0.2, 0.25) is 10.0 Å². The molecule has 0 bridgehead atoms. The third-order valence-corrected chi connectivity index (χ3v) is 8.22. The van der Waals surface area contributed by atoms with Gasteiger partial charge in [0.05, 0.1) is 9.79 Å². The molecule has 0 unspecified atom stereocenters. The van der Waals surface area contributed by atoms with Gasteiger partial charge in [-0.2, -0.15) is 4.31 Å². The maximum absolute atomic E-state index is 12.9. The van der Waals surface area contributed by atoms with E-state index in [1.165, 1.54) is 47.6 Å². The van der Waals surface area contributed by atoms with Crippen molar-refractivity contribution in [1.82, 2.24) is 4.31 Å². The van der Waals surface area contributed by atoms with Gasteiger partial charge in [-0.25, -0.2) is 21.6 Å². The largest absolute Gasteiger partial charge is 0.481 e. The number of anilines is 1. The highest BCUT2D eigenvalue weighted by Crippen LogP contribution is 2.30. The van der Waals surface area contributed by atoms with Gasteiger partial charge in [0, 0.05) is 24.3 Å². The molecule has 0 aliphatic carbocycles. The van der Waals surface area contributed by atoms with Crippen LogP contribution in [0, 0.1) is 13.8 Å². The Morgan fingerprint density at radius 1 is 1.00 bits per heavy atom. The van der Waals surface area contributed by atoms with Crippen molar-refractivity contribution >= 4 is 31.7 Å². The SMILES string of the molecule is CCN(CC)S(=O)(=O)c1ccc(NS(=O)(=O)c2ccc(C)c(OCC(=O)O)c2C)cc1. The molecule has 0 heterocycles. The van der Waals surface area contributed by atoms with E-state index in [2.05, 4.69) is 4.72 Å². The summed E-state index contributed by atoms with van der Waals surface area (Å²) in [7, 11) is -7.69. The number of hydrogen-bond acceptors (Lipinski definition) is 6. The summed E-state index contributed by atoms with van der Waals surface area (Å²) in [4.78, 5) is 10.8. The van der Waals surface area contributed by atoms with Crippen molar-refractivity contribution in [3.05, 3.63) is 47.5 Å². The van der Waals surface area contributed by atoms with E-state index in [4.69, 9.17) is 9.84 Å². The number of carboxylic acids is 1. The molecular formula is C20H26N2O7S2. The summed E-state index contributed by atoms with van der Waals surface area (Å²) in [6.45, 7) is 6.74. The van der Waals surface area contributed by atoms with Crippen LogP contribution in [-0.2, 0) is 24.8 Å². The number of nitrogens with zero attached hydrogens (tertiary/aromatic N) is 1. The molecule has 2 N–H and O–H groups in total. The Kier molecular flexibility index (Phi) is 7.68. The molecule has 0 saturated heterocycles. The van der Waals surface area contributed by atoms with Crippen molar-refractivity contribution < 1.29 is 31.5 Å². The average molecular weight is 471 g/mol. The van der Waals surface area contributed by atoms with Crippen LogP contribution in [0.15, 0.2) is 46.2 Å². The summed E-state index contributed by atoms with van der Waals surface area (Å²) in [6, 6.07) is 8.36. The van der Waals surface area contributed by atoms with Crippen LogP contribution in [0.4, 0.5) is 5.69 Å². The normalized spacial score (nSPS) is 12.0. The van der Waals surface area contributed by atoms with Gasteiger partial charge in [-0.05, 0) is 49.7 Å². The molecule has 0 fully saturated rings. The molecule has 0 radical (unpaired) electrons. The molecular weight excluding hydrogens is 444 g/mol. The lowest BCUT2D eigenvalue weighted by Gasteiger charge is -2.19. The van der Waals surface area contributed by atoms with Crippen LogP contribution in [0.2, 0.25) is 0 Å². The van der Waals surface area contributed by atoms with Crippen molar-refractivity contribution in [2.75, 3.05) is 24.4 Å². The first kappa shape index (κ1) is 24.6. The minimum atomic E-state index is -4.03. The number of aliphatic carboxylic acids is 1. The summed E-state index contributed by atoms with van der Waals surface area (Å²) in [5, 5.41) is 8.82. The van der Waals surface area contributed by atoms with Crippen molar-refractivity contribution in [3.63, 3.8) is 0 Å². The number of benzene rings is 2. The van der Waals surface area contributed by atoms with Gasteiger partial charge in [-0.3, -0.25) is 4.72 Å². The van der Waals surface area contributed by atoms with Crippen LogP contribution >= 0.6 is 0 Å². The van der Waals surface area contributed by atoms with Crippen LogP contribution in [0.3, 0.4) is 0 Å². The van der Waals surface area contributed by atoms with Gasteiger partial charge >= 0.3 is 5.97 Å². The molecule has 9 nitrogen and oxygen atoms in total. The topological polar surface area (TPSA) is 130 Å². The lowest BCUT2D eigenvalue weighted by Crippen LogP contribution is -2.30. The van der Waals surface area contributed by atoms with E-state index < -0.39 is 32.6 Å².